The Morgan fingerprint density at radius 2 is 1.41 bits per heavy atom. The summed E-state index contributed by atoms with van der Waals surface area (Å²) in [6.07, 6.45) is 3.57. The molecular formula is C27H22Cl2N8. The molecule has 0 saturated heterocycles. The van der Waals surface area contributed by atoms with Gasteiger partial charge in [0.15, 0.2) is 0 Å². The predicted octanol–water partition coefficient (Wildman–Crippen LogP) is 5.82. The van der Waals surface area contributed by atoms with E-state index in [2.05, 4.69) is 30.8 Å². The summed E-state index contributed by atoms with van der Waals surface area (Å²) in [6.45, 7) is 1.12. The zero-order chi connectivity index (χ0) is 25.6. The molecule has 8 nitrogen and oxygen atoms in total. The second-order valence-corrected chi connectivity index (χ2v) is 8.80. The number of hydrogen-bond donors (Lipinski definition) is 2. The lowest BCUT2D eigenvalue weighted by atomic mass is 10.1. The average molecular weight is 529 g/mol. The summed E-state index contributed by atoms with van der Waals surface area (Å²) >= 11 is 12.3. The van der Waals surface area contributed by atoms with Gasteiger partial charge in [-0.25, -0.2) is 0 Å². The minimum Gasteiger partial charge on any atom is -0.349 e. The number of fused-ring (bicyclic) bond motifs is 2. The van der Waals surface area contributed by atoms with Crippen LogP contribution in [0, 0.1) is 0 Å². The van der Waals surface area contributed by atoms with E-state index in [-0.39, 0.29) is 0 Å². The minimum atomic E-state index is 0.397. The summed E-state index contributed by atoms with van der Waals surface area (Å²) in [5, 5.41) is 18.1. The van der Waals surface area contributed by atoms with Crippen molar-refractivity contribution in [1.82, 2.24) is 30.2 Å². The highest BCUT2D eigenvalue weighted by atomic mass is 35.5. The standard InChI is InChI=1S/C17H12Cl2N6.C10H10N2/c18-13-6-2-8-15(16(13)19)25-17(22-23-24-25)21-10-11-4-1-7-14-12(11)5-3-9-20-14;11-7-8-3-1-5-10-9(8)4-2-6-12-10/h1-9H,10H2,(H,21,22,24);1-6H,7,11H2. The van der Waals surface area contributed by atoms with Crippen molar-refractivity contribution in [2.45, 2.75) is 13.1 Å². The zero-order valence-corrected chi connectivity index (χ0v) is 21.1. The molecule has 0 aliphatic rings. The molecule has 0 saturated carbocycles. The van der Waals surface area contributed by atoms with Crippen molar-refractivity contribution >= 4 is 51.0 Å². The number of anilines is 1. The Balaban J connectivity index is 0.000000195. The van der Waals surface area contributed by atoms with Crippen molar-refractivity contribution in [3.8, 4) is 5.69 Å². The Hall–Kier alpha value is -4.11. The first-order valence-corrected chi connectivity index (χ1v) is 12.2. The number of rotatable bonds is 5. The third-order valence-electron chi connectivity index (χ3n) is 5.76. The third-order valence-corrected chi connectivity index (χ3v) is 6.57. The van der Waals surface area contributed by atoms with E-state index < -0.39 is 0 Å². The highest BCUT2D eigenvalue weighted by Crippen LogP contribution is 2.29. The summed E-state index contributed by atoms with van der Waals surface area (Å²) in [4.78, 5) is 8.60. The van der Waals surface area contributed by atoms with E-state index in [1.807, 2.05) is 60.7 Å². The first kappa shape index (κ1) is 24.6. The number of pyridine rings is 2. The molecule has 3 aromatic carbocycles. The fraction of sp³-hybridized carbons (Fsp3) is 0.0741. The van der Waals surface area contributed by atoms with Gasteiger partial charge in [-0.15, -0.1) is 0 Å². The van der Waals surface area contributed by atoms with Crippen molar-refractivity contribution < 1.29 is 0 Å². The highest BCUT2D eigenvalue weighted by Gasteiger charge is 2.13. The van der Waals surface area contributed by atoms with Crippen LogP contribution in [0.15, 0.2) is 91.3 Å². The van der Waals surface area contributed by atoms with Gasteiger partial charge in [0.2, 0.25) is 5.95 Å². The molecule has 37 heavy (non-hydrogen) atoms. The fourth-order valence-electron chi connectivity index (χ4n) is 3.96. The summed E-state index contributed by atoms with van der Waals surface area (Å²) < 4.78 is 1.53. The Morgan fingerprint density at radius 3 is 2.11 bits per heavy atom. The van der Waals surface area contributed by atoms with E-state index in [1.54, 1.807) is 30.6 Å². The van der Waals surface area contributed by atoms with E-state index in [4.69, 9.17) is 28.9 Å². The quantitative estimate of drug-likeness (QED) is 0.290. The molecular weight excluding hydrogens is 507 g/mol. The van der Waals surface area contributed by atoms with E-state index in [9.17, 15) is 0 Å². The van der Waals surface area contributed by atoms with Gasteiger partial charge in [0, 0.05) is 36.3 Å². The topological polar surface area (TPSA) is 107 Å². The predicted molar refractivity (Wildman–Crippen MR) is 148 cm³/mol. The molecule has 0 aliphatic carbocycles. The molecule has 0 spiro atoms. The lowest BCUT2D eigenvalue weighted by Crippen LogP contribution is -2.08. The molecule has 3 heterocycles. The molecule has 6 aromatic rings. The van der Waals surface area contributed by atoms with Crippen LogP contribution in [0.3, 0.4) is 0 Å². The minimum absolute atomic E-state index is 0.397. The maximum absolute atomic E-state index is 6.27. The van der Waals surface area contributed by atoms with Crippen LogP contribution in [0.4, 0.5) is 5.95 Å². The van der Waals surface area contributed by atoms with E-state index in [0.29, 0.717) is 34.8 Å². The molecule has 184 valence electrons. The number of nitrogens with one attached hydrogen (secondary N) is 1. The molecule has 0 bridgehead atoms. The lowest BCUT2D eigenvalue weighted by molar-refractivity contribution is 0.789. The van der Waals surface area contributed by atoms with E-state index in [1.165, 1.54) is 4.68 Å². The van der Waals surface area contributed by atoms with Crippen molar-refractivity contribution in [3.05, 3.63) is 112 Å². The van der Waals surface area contributed by atoms with Gasteiger partial charge in [0.1, 0.15) is 0 Å². The lowest BCUT2D eigenvalue weighted by Gasteiger charge is -2.10. The van der Waals surface area contributed by atoms with Crippen LogP contribution in [-0.2, 0) is 13.1 Å². The van der Waals surface area contributed by atoms with Crippen LogP contribution in [-0.4, -0.2) is 30.2 Å². The second kappa shape index (κ2) is 11.3. The van der Waals surface area contributed by atoms with Crippen LogP contribution < -0.4 is 11.1 Å². The number of tetrazole rings is 1. The van der Waals surface area contributed by atoms with Crippen molar-refractivity contribution in [3.63, 3.8) is 0 Å². The fourth-order valence-corrected chi connectivity index (χ4v) is 4.33. The van der Waals surface area contributed by atoms with Crippen molar-refractivity contribution in [2.75, 3.05) is 5.32 Å². The summed E-state index contributed by atoms with van der Waals surface area (Å²) in [6, 6.07) is 25.3. The molecule has 10 heteroatoms. The number of hydrogen-bond acceptors (Lipinski definition) is 7. The summed E-state index contributed by atoms with van der Waals surface area (Å²) in [5.41, 5.74) is 10.4. The van der Waals surface area contributed by atoms with Gasteiger partial charge in [0.25, 0.3) is 0 Å². The van der Waals surface area contributed by atoms with Crippen LogP contribution in [0.2, 0.25) is 10.0 Å². The van der Waals surface area contributed by atoms with Crippen LogP contribution in [0.25, 0.3) is 27.5 Å². The van der Waals surface area contributed by atoms with Gasteiger partial charge >= 0.3 is 0 Å². The maximum Gasteiger partial charge on any atom is 0.248 e. The smallest absolute Gasteiger partial charge is 0.248 e. The monoisotopic (exact) mass is 528 g/mol. The third kappa shape index (κ3) is 5.36. The highest BCUT2D eigenvalue weighted by molar-refractivity contribution is 6.43. The molecule has 0 atom stereocenters. The van der Waals surface area contributed by atoms with Gasteiger partial charge in [-0.3, -0.25) is 9.97 Å². The van der Waals surface area contributed by atoms with Crippen molar-refractivity contribution in [2.24, 2.45) is 5.73 Å². The van der Waals surface area contributed by atoms with E-state index >= 15 is 0 Å². The molecule has 0 unspecified atom stereocenters. The summed E-state index contributed by atoms with van der Waals surface area (Å²) in [7, 11) is 0. The molecule has 0 amide bonds. The molecule has 3 N–H and O–H groups in total. The largest absolute Gasteiger partial charge is 0.349 e. The Kier molecular flexibility index (Phi) is 7.51. The molecule has 3 aromatic heterocycles. The van der Waals surface area contributed by atoms with Crippen LogP contribution >= 0.6 is 23.2 Å². The zero-order valence-electron chi connectivity index (χ0n) is 19.6. The number of benzene rings is 3. The van der Waals surface area contributed by atoms with Crippen molar-refractivity contribution in [1.29, 1.82) is 0 Å². The van der Waals surface area contributed by atoms with Crippen LogP contribution in [0.1, 0.15) is 11.1 Å². The molecule has 6 rings (SSSR count). The number of nitrogens with two attached hydrogens (primary N) is 1. The van der Waals surface area contributed by atoms with Crippen LogP contribution in [0.5, 0.6) is 0 Å². The number of halogens is 2. The first-order chi connectivity index (χ1) is 18.2. The molecule has 0 aliphatic heterocycles. The van der Waals surface area contributed by atoms with Gasteiger partial charge < -0.3 is 11.1 Å². The number of nitrogens with zero attached hydrogens (tertiary/aromatic N) is 6. The second-order valence-electron chi connectivity index (χ2n) is 8.02. The molecule has 0 fully saturated rings. The number of aromatic nitrogens is 6. The Labute approximate surface area is 223 Å². The first-order valence-electron chi connectivity index (χ1n) is 11.5. The van der Waals surface area contributed by atoms with Gasteiger partial charge in [-0.05, 0) is 58.0 Å². The van der Waals surface area contributed by atoms with Gasteiger partial charge in [0.05, 0.1) is 26.8 Å². The van der Waals surface area contributed by atoms with Gasteiger partial charge in [-0.1, -0.05) is 70.8 Å². The molecule has 0 radical (unpaired) electrons. The summed E-state index contributed by atoms with van der Waals surface area (Å²) in [5.74, 6) is 0.477. The maximum atomic E-state index is 6.27. The Bertz CT molecular complexity index is 1660. The normalized spacial score (nSPS) is 10.8. The average Bonchev–Trinajstić information content (AvgIpc) is 3.41. The SMILES string of the molecule is Clc1cccc(-n2nnnc2NCc2cccc3ncccc23)c1Cl.NCc1cccc2ncccc12. The van der Waals surface area contributed by atoms with E-state index in [0.717, 1.165) is 32.9 Å². The van der Waals surface area contributed by atoms with Gasteiger partial charge in [-0.2, -0.15) is 4.68 Å². The Morgan fingerprint density at radius 1 is 0.757 bits per heavy atom.